The molecular formula is C20H35N5O3. The van der Waals surface area contributed by atoms with Gasteiger partial charge in [0, 0.05) is 31.8 Å². The van der Waals surface area contributed by atoms with E-state index in [1.807, 2.05) is 13.8 Å². The minimum Gasteiger partial charge on any atom is -0.354 e. The topological polar surface area (TPSA) is 123 Å². The Balaban J connectivity index is 1.96. The number of nitrogens with zero attached hydrogens (tertiary/aromatic N) is 2. The van der Waals surface area contributed by atoms with Gasteiger partial charge in [-0.1, -0.05) is 44.7 Å². The molecule has 0 saturated heterocycles. The SMILES string of the molecule is CCC(N)(CC)CNC(=O)CCc1nc(C2(NC(C)=O)CCCCCC2)no1. The van der Waals surface area contributed by atoms with Crippen LogP contribution >= 0.6 is 0 Å². The van der Waals surface area contributed by atoms with Gasteiger partial charge in [0.1, 0.15) is 5.54 Å². The molecule has 1 heterocycles. The van der Waals surface area contributed by atoms with Crippen molar-refractivity contribution in [3.8, 4) is 0 Å². The van der Waals surface area contributed by atoms with Crippen LogP contribution in [0.3, 0.4) is 0 Å². The fourth-order valence-electron chi connectivity index (χ4n) is 3.71. The van der Waals surface area contributed by atoms with E-state index in [2.05, 4.69) is 20.8 Å². The lowest BCUT2D eigenvalue weighted by atomic mass is 9.89. The predicted octanol–water partition coefficient (Wildman–Crippen LogP) is 2.32. The third-order valence-electron chi connectivity index (χ3n) is 5.88. The smallest absolute Gasteiger partial charge is 0.227 e. The quantitative estimate of drug-likeness (QED) is 0.553. The first-order valence-corrected chi connectivity index (χ1v) is 10.5. The Morgan fingerprint density at radius 3 is 2.39 bits per heavy atom. The van der Waals surface area contributed by atoms with Crippen LogP contribution in [0.4, 0.5) is 0 Å². The van der Waals surface area contributed by atoms with E-state index in [0.29, 0.717) is 24.7 Å². The zero-order chi connectivity index (χ0) is 20.6. The Kier molecular flexibility index (Phi) is 7.98. The molecule has 1 aliphatic rings. The van der Waals surface area contributed by atoms with Gasteiger partial charge in [0.15, 0.2) is 5.82 Å². The molecule has 0 spiro atoms. The molecule has 1 fully saturated rings. The predicted molar refractivity (Wildman–Crippen MR) is 106 cm³/mol. The molecule has 0 bridgehead atoms. The van der Waals surface area contributed by atoms with Crippen LogP contribution in [0.15, 0.2) is 4.52 Å². The van der Waals surface area contributed by atoms with Crippen LogP contribution in [0.25, 0.3) is 0 Å². The Morgan fingerprint density at radius 2 is 1.82 bits per heavy atom. The molecule has 1 aliphatic carbocycles. The van der Waals surface area contributed by atoms with Crippen molar-refractivity contribution in [2.75, 3.05) is 6.54 Å². The van der Waals surface area contributed by atoms with Crippen LogP contribution < -0.4 is 16.4 Å². The first-order chi connectivity index (χ1) is 13.3. The molecule has 2 amide bonds. The van der Waals surface area contributed by atoms with Crippen molar-refractivity contribution in [1.82, 2.24) is 20.8 Å². The monoisotopic (exact) mass is 393 g/mol. The molecule has 1 aromatic rings. The molecule has 1 saturated carbocycles. The summed E-state index contributed by atoms with van der Waals surface area (Å²) in [4.78, 5) is 28.4. The van der Waals surface area contributed by atoms with Crippen LogP contribution in [-0.4, -0.2) is 34.0 Å². The number of amides is 2. The number of aromatic nitrogens is 2. The van der Waals surface area contributed by atoms with Gasteiger partial charge in [0.05, 0.1) is 0 Å². The van der Waals surface area contributed by atoms with E-state index in [9.17, 15) is 9.59 Å². The van der Waals surface area contributed by atoms with Crippen molar-refractivity contribution in [2.45, 2.75) is 96.1 Å². The van der Waals surface area contributed by atoms with E-state index in [4.69, 9.17) is 10.3 Å². The van der Waals surface area contributed by atoms with Gasteiger partial charge < -0.3 is 20.9 Å². The summed E-state index contributed by atoms with van der Waals surface area (Å²) >= 11 is 0. The summed E-state index contributed by atoms with van der Waals surface area (Å²) in [5.41, 5.74) is 5.29. The number of rotatable bonds is 9. The lowest BCUT2D eigenvalue weighted by molar-refractivity contribution is -0.122. The van der Waals surface area contributed by atoms with Crippen molar-refractivity contribution in [2.24, 2.45) is 5.73 Å². The Morgan fingerprint density at radius 1 is 1.18 bits per heavy atom. The van der Waals surface area contributed by atoms with E-state index < -0.39 is 5.54 Å². The first kappa shape index (κ1) is 22.3. The maximum absolute atomic E-state index is 12.1. The van der Waals surface area contributed by atoms with Crippen molar-refractivity contribution >= 4 is 11.8 Å². The van der Waals surface area contributed by atoms with E-state index in [1.54, 1.807) is 0 Å². The van der Waals surface area contributed by atoms with E-state index in [1.165, 1.54) is 6.92 Å². The van der Waals surface area contributed by atoms with Crippen LogP contribution in [-0.2, 0) is 21.5 Å². The van der Waals surface area contributed by atoms with Crippen LogP contribution in [0, 0.1) is 0 Å². The van der Waals surface area contributed by atoms with Crippen molar-refractivity contribution in [3.05, 3.63) is 11.7 Å². The van der Waals surface area contributed by atoms with Crippen molar-refractivity contribution in [3.63, 3.8) is 0 Å². The number of nitrogens with one attached hydrogen (secondary N) is 2. The maximum atomic E-state index is 12.1. The third kappa shape index (κ3) is 6.02. The average molecular weight is 394 g/mol. The molecule has 8 heteroatoms. The normalized spacial score (nSPS) is 17.0. The van der Waals surface area contributed by atoms with Gasteiger partial charge >= 0.3 is 0 Å². The second kappa shape index (κ2) is 10.0. The number of aryl methyl sites for hydroxylation is 1. The summed E-state index contributed by atoms with van der Waals surface area (Å²) in [5, 5.41) is 10.1. The summed E-state index contributed by atoms with van der Waals surface area (Å²) in [5.74, 6) is 0.773. The number of nitrogens with two attached hydrogens (primary N) is 1. The minimum absolute atomic E-state index is 0.0810. The average Bonchev–Trinajstić information content (AvgIpc) is 3.04. The Labute approximate surface area is 167 Å². The zero-order valence-corrected chi connectivity index (χ0v) is 17.5. The molecule has 2 rings (SSSR count). The Hall–Kier alpha value is -1.96. The molecule has 4 N–H and O–H groups in total. The lowest BCUT2D eigenvalue weighted by Gasteiger charge is -2.30. The molecule has 0 radical (unpaired) electrons. The molecule has 158 valence electrons. The number of carbonyl (C=O) groups is 2. The first-order valence-electron chi connectivity index (χ1n) is 10.5. The fourth-order valence-corrected chi connectivity index (χ4v) is 3.71. The fraction of sp³-hybridized carbons (Fsp3) is 0.800. The van der Waals surface area contributed by atoms with E-state index in [0.717, 1.165) is 51.4 Å². The zero-order valence-electron chi connectivity index (χ0n) is 17.5. The Bertz CT molecular complexity index is 646. The highest BCUT2D eigenvalue weighted by molar-refractivity contribution is 5.76. The molecule has 0 aromatic carbocycles. The molecule has 1 aromatic heterocycles. The standard InChI is InChI=1S/C20H35N5O3/c1-4-19(21,5-2)14-22-16(27)10-11-17-23-18(25-28-17)20(24-15(3)26)12-8-6-7-9-13-20/h4-14,21H2,1-3H3,(H,22,27)(H,24,26). The largest absolute Gasteiger partial charge is 0.354 e. The second-order valence-electron chi connectivity index (χ2n) is 8.04. The minimum atomic E-state index is -0.562. The summed E-state index contributed by atoms with van der Waals surface area (Å²) in [6, 6.07) is 0. The summed E-state index contributed by atoms with van der Waals surface area (Å²) in [6.45, 7) is 6.02. The van der Waals surface area contributed by atoms with Gasteiger partial charge in [-0.3, -0.25) is 9.59 Å². The highest BCUT2D eigenvalue weighted by Gasteiger charge is 2.38. The highest BCUT2D eigenvalue weighted by atomic mass is 16.5. The van der Waals surface area contributed by atoms with Crippen LogP contribution in [0.5, 0.6) is 0 Å². The third-order valence-corrected chi connectivity index (χ3v) is 5.88. The highest BCUT2D eigenvalue weighted by Crippen LogP contribution is 2.34. The van der Waals surface area contributed by atoms with E-state index in [-0.39, 0.29) is 23.8 Å². The van der Waals surface area contributed by atoms with E-state index >= 15 is 0 Å². The number of carbonyl (C=O) groups excluding carboxylic acids is 2. The van der Waals surface area contributed by atoms with Gasteiger partial charge in [0.25, 0.3) is 0 Å². The summed E-state index contributed by atoms with van der Waals surface area (Å²) < 4.78 is 5.39. The lowest BCUT2D eigenvalue weighted by Crippen LogP contribution is -2.49. The maximum Gasteiger partial charge on any atom is 0.227 e. The van der Waals surface area contributed by atoms with Crippen molar-refractivity contribution in [1.29, 1.82) is 0 Å². The summed E-state index contributed by atoms with van der Waals surface area (Å²) in [6.07, 6.45) is 8.17. The van der Waals surface area contributed by atoms with Gasteiger partial charge in [-0.15, -0.1) is 0 Å². The molecule has 0 aliphatic heterocycles. The van der Waals surface area contributed by atoms with Crippen LogP contribution in [0.2, 0.25) is 0 Å². The molecule has 28 heavy (non-hydrogen) atoms. The molecule has 0 atom stereocenters. The second-order valence-corrected chi connectivity index (χ2v) is 8.04. The van der Waals surface area contributed by atoms with Gasteiger partial charge in [0.2, 0.25) is 17.7 Å². The van der Waals surface area contributed by atoms with Gasteiger partial charge in [-0.05, 0) is 25.7 Å². The number of hydrogen-bond acceptors (Lipinski definition) is 6. The summed E-state index contributed by atoms with van der Waals surface area (Å²) in [7, 11) is 0. The molecule has 8 nitrogen and oxygen atoms in total. The molecule has 0 unspecified atom stereocenters. The molecular weight excluding hydrogens is 358 g/mol. The van der Waals surface area contributed by atoms with Crippen molar-refractivity contribution < 1.29 is 14.1 Å². The van der Waals surface area contributed by atoms with Gasteiger partial charge in [-0.2, -0.15) is 4.98 Å². The number of hydrogen-bond donors (Lipinski definition) is 3. The van der Waals surface area contributed by atoms with Gasteiger partial charge in [-0.25, -0.2) is 0 Å². The van der Waals surface area contributed by atoms with Crippen LogP contribution in [0.1, 0.15) is 90.3 Å².